The Morgan fingerprint density at radius 2 is 1.80 bits per heavy atom. The molecule has 1 atom stereocenters. The first kappa shape index (κ1) is 25.6. The maximum absolute atomic E-state index is 12.5. The summed E-state index contributed by atoms with van der Waals surface area (Å²) < 4.78 is 14.2. The van der Waals surface area contributed by atoms with Crippen LogP contribution >= 0.6 is 0 Å². The molecule has 1 aromatic heterocycles. The van der Waals surface area contributed by atoms with E-state index >= 15 is 0 Å². The van der Waals surface area contributed by atoms with Gasteiger partial charge in [-0.2, -0.15) is 0 Å². The normalized spacial score (nSPS) is 19.2. The van der Waals surface area contributed by atoms with Gasteiger partial charge in [0, 0.05) is 47.5 Å². The van der Waals surface area contributed by atoms with Crippen LogP contribution in [0.4, 0.5) is 10.5 Å². The van der Waals surface area contributed by atoms with Crippen molar-refractivity contribution in [2.75, 3.05) is 19.0 Å². The fraction of sp³-hybridized carbons (Fsp3) is 0.500. The summed E-state index contributed by atoms with van der Waals surface area (Å²) in [5, 5.41) is 4.26. The van der Waals surface area contributed by atoms with E-state index in [1.807, 2.05) is 26.0 Å². The predicted molar refractivity (Wildman–Crippen MR) is 161 cm³/mol. The number of hydrogen-bond acceptors (Lipinski definition) is 4. The summed E-state index contributed by atoms with van der Waals surface area (Å²) in [6.07, 6.45) is 10.5. The van der Waals surface area contributed by atoms with E-state index in [0.29, 0.717) is 24.6 Å². The zero-order valence-corrected chi connectivity index (χ0v) is 24.0. The monoisotopic (exact) mass is 539 g/mol. The van der Waals surface area contributed by atoms with E-state index in [1.54, 1.807) is 5.57 Å². The first-order valence-electron chi connectivity index (χ1n) is 15.4. The number of benzene rings is 2. The van der Waals surface area contributed by atoms with Crippen molar-refractivity contribution in [2.45, 2.75) is 89.8 Å². The highest BCUT2D eigenvalue weighted by atomic mass is 16.6. The zero-order valence-electron chi connectivity index (χ0n) is 24.0. The number of carbonyl (C=O) groups is 1. The minimum Gasteiger partial charge on any atom is -0.494 e. The maximum Gasteiger partial charge on any atom is 0.411 e. The van der Waals surface area contributed by atoms with Crippen molar-refractivity contribution < 1.29 is 14.3 Å². The van der Waals surface area contributed by atoms with Gasteiger partial charge in [-0.05, 0) is 113 Å². The minimum absolute atomic E-state index is 0.0288. The standard InChI is InChI=1S/C34H41N3O3/c1-4-39-28-18-19-29-30(20-28)37(27-6-5-7-27)33(31(29)32(23-10-11-23)36(3)26-16-17-26)24-12-14-25(15-13-24)35-34(38)40-21(2)22-8-9-22/h12-15,18-22,26-27H,4-11,16-17H2,1-3H3,(H,35,38). The molecule has 1 heterocycles. The van der Waals surface area contributed by atoms with Gasteiger partial charge in [-0.25, -0.2) is 4.79 Å². The number of aromatic nitrogens is 1. The Kier molecular flexibility index (Phi) is 6.52. The summed E-state index contributed by atoms with van der Waals surface area (Å²) in [5.41, 5.74) is 8.89. The van der Waals surface area contributed by atoms with Crippen LogP contribution in [0.3, 0.4) is 0 Å². The molecule has 2 aromatic carbocycles. The summed E-state index contributed by atoms with van der Waals surface area (Å²) in [5.74, 6) is 1.45. The molecule has 3 aromatic rings. The molecule has 1 N–H and O–H groups in total. The fourth-order valence-electron chi connectivity index (χ4n) is 6.33. The number of amides is 1. The van der Waals surface area contributed by atoms with Crippen molar-refractivity contribution in [1.29, 1.82) is 0 Å². The highest BCUT2D eigenvalue weighted by Crippen LogP contribution is 2.51. The highest BCUT2D eigenvalue weighted by Gasteiger charge is 2.37. The lowest BCUT2D eigenvalue weighted by molar-refractivity contribution is 0.108. The number of carbonyl (C=O) groups excluding carboxylic acids is 1. The van der Waals surface area contributed by atoms with Gasteiger partial charge in [0.2, 0.25) is 0 Å². The van der Waals surface area contributed by atoms with E-state index in [4.69, 9.17) is 9.47 Å². The third kappa shape index (κ3) is 4.86. The molecule has 4 aliphatic carbocycles. The van der Waals surface area contributed by atoms with Crippen molar-refractivity contribution in [3.63, 3.8) is 0 Å². The Balaban J connectivity index is 1.33. The molecule has 1 amide bonds. The summed E-state index contributed by atoms with van der Waals surface area (Å²) in [7, 11) is 2.30. The lowest BCUT2D eigenvalue weighted by Crippen LogP contribution is -2.21. The van der Waals surface area contributed by atoms with Crippen LogP contribution in [0.1, 0.15) is 83.2 Å². The van der Waals surface area contributed by atoms with Crippen LogP contribution in [0.2, 0.25) is 0 Å². The van der Waals surface area contributed by atoms with Crippen LogP contribution in [0, 0.1) is 5.92 Å². The number of rotatable bonds is 10. The number of anilines is 1. The summed E-state index contributed by atoms with van der Waals surface area (Å²) >= 11 is 0. The van der Waals surface area contributed by atoms with Crippen LogP contribution in [0.15, 0.2) is 48.0 Å². The number of hydrogen-bond donors (Lipinski definition) is 1. The van der Waals surface area contributed by atoms with Gasteiger partial charge in [-0.1, -0.05) is 12.1 Å². The van der Waals surface area contributed by atoms with Gasteiger partial charge >= 0.3 is 6.09 Å². The lowest BCUT2D eigenvalue weighted by Gasteiger charge is -2.31. The fourth-order valence-corrected chi connectivity index (χ4v) is 6.33. The maximum atomic E-state index is 12.5. The van der Waals surface area contributed by atoms with E-state index < -0.39 is 0 Å². The van der Waals surface area contributed by atoms with Gasteiger partial charge in [0.25, 0.3) is 0 Å². The minimum atomic E-state index is -0.369. The van der Waals surface area contributed by atoms with Crippen molar-refractivity contribution in [3.8, 4) is 17.0 Å². The van der Waals surface area contributed by atoms with Crippen molar-refractivity contribution in [3.05, 3.63) is 53.6 Å². The molecule has 4 aliphatic rings. The first-order valence-corrected chi connectivity index (χ1v) is 15.4. The average Bonchev–Trinajstić information content (AvgIpc) is 3.77. The average molecular weight is 540 g/mol. The Morgan fingerprint density at radius 1 is 1.05 bits per heavy atom. The van der Waals surface area contributed by atoms with E-state index in [0.717, 1.165) is 24.3 Å². The van der Waals surface area contributed by atoms with Gasteiger partial charge in [-0.3, -0.25) is 5.32 Å². The largest absolute Gasteiger partial charge is 0.494 e. The Bertz CT molecular complexity index is 1450. The van der Waals surface area contributed by atoms with Crippen LogP contribution in [0.5, 0.6) is 5.75 Å². The molecule has 0 aliphatic heterocycles. The molecule has 6 heteroatoms. The smallest absolute Gasteiger partial charge is 0.411 e. The summed E-state index contributed by atoms with van der Waals surface area (Å²) in [6.45, 7) is 4.69. The Hall–Kier alpha value is -3.41. The zero-order chi connectivity index (χ0) is 27.4. The van der Waals surface area contributed by atoms with Gasteiger partial charge in [0.1, 0.15) is 11.9 Å². The summed E-state index contributed by atoms with van der Waals surface area (Å²) in [4.78, 5) is 15.1. The van der Waals surface area contributed by atoms with Crippen molar-refractivity contribution in [1.82, 2.24) is 9.47 Å². The Labute approximate surface area is 237 Å². The van der Waals surface area contributed by atoms with E-state index in [9.17, 15) is 4.79 Å². The lowest BCUT2D eigenvalue weighted by atomic mass is 9.92. The molecule has 0 saturated heterocycles. The second-order valence-electron chi connectivity index (χ2n) is 12.2. The molecule has 1 unspecified atom stereocenters. The molecule has 0 bridgehead atoms. The second-order valence-corrected chi connectivity index (χ2v) is 12.2. The van der Waals surface area contributed by atoms with Gasteiger partial charge in [0.05, 0.1) is 17.8 Å². The van der Waals surface area contributed by atoms with Crippen molar-refractivity contribution >= 4 is 28.4 Å². The molecule has 4 saturated carbocycles. The molecule has 7 rings (SSSR count). The van der Waals surface area contributed by atoms with Crippen LogP contribution in [-0.4, -0.2) is 41.4 Å². The number of nitrogens with zero attached hydrogens (tertiary/aromatic N) is 2. The number of fused-ring (bicyclic) bond motifs is 1. The topological polar surface area (TPSA) is 55.7 Å². The number of ether oxygens (including phenoxy) is 2. The number of nitrogens with one attached hydrogen (secondary N) is 1. The first-order chi connectivity index (χ1) is 19.5. The highest BCUT2D eigenvalue weighted by molar-refractivity contribution is 6.02. The number of allylic oxidation sites excluding steroid dienone is 1. The molecule has 210 valence electrons. The van der Waals surface area contributed by atoms with Gasteiger partial charge in [0.15, 0.2) is 0 Å². The van der Waals surface area contributed by atoms with Gasteiger partial charge in [-0.15, -0.1) is 0 Å². The molecule has 0 spiro atoms. The molecule has 4 fully saturated rings. The second kappa shape index (κ2) is 10.2. The third-order valence-corrected chi connectivity index (χ3v) is 9.23. The van der Waals surface area contributed by atoms with E-state index in [-0.39, 0.29) is 12.2 Å². The third-order valence-electron chi connectivity index (χ3n) is 9.23. The molecule has 6 nitrogen and oxygen atoms in total. The quantitative estimate of drug-likeness (QED) is 0.281. The SMILES string of the molecule is CCOc1ccc2c(C(=C3CC3)N(C)C3CC3)c(-c3ccc(NC(=O)OC(C)C4CC4)cc3)n(C3CCC3)c2c1. The molecule has 40 heavy (non-hydrogen) atoms. The van der Waals surface area contributed by atoms with Gasteiger partial charge < -0.3 is 18.9 Å². The van der Waals surface area contributed by atoms with Crippen LogP contribution in [0.25, 0.3) is 27.9 Å². The molecular formula is C34H41N3O3. The van der Waals surface area contributed by atoms with E-state index in [1.165, 1.54) is 78.4 Å². The molecule has 0 radical (unpaired) electrons. The van der Waals surface area contributed by atoms with Crippen LogP contribution in [-0.2, 0) is 4.74 Å². The van der Waals surface area contributed by atoms with Crippen molar-refractivity contribution in [2.24, 2.45) is 5.92 Å². The van der Waals surface area contributed by atoms with Crippen LogP contribution < -0.4 is 10.1 Å². The predicted octanol–water partition coefficient (Wildman–Crippen LogP) is 8.38. The molecular weight excluding hydrogens is 498 g/mol. The Morgan fingerprint density at radius 3 is 2.40 bits per heavy atom. The van der Waals surface area contributed by atoms with E-state index in [2.05, 4.69) is 52.2 Å². The summed E-state index contributed by atoms with van der Waals surface area (Å²) in [6, 6.07) is 16.2.